The van der Waals surface area contributed by atoms with E-state index in [0.717, 1.165) is 22.0 Å². The molecule has 1 saturated heterocycles. The molecule has 2 nitrogen and oxygen atoms in total. The van der Waals surface area contributed by atoms with Crippen LogP contribution in [0.2, 0.25) is 0 Å². The van der Waals surface area contributed by atoms with E-state index < -0.39 is 0 Å². The number of amides is 1. The van der Waals surface area contributed by atoms with Crippen molar-refractivity contribution < 1.29 is 4.79 Å². The smallest absolute Gasteiger partial charge is 0.254 e. The van der Waals surface area contributed by atoms with Crippen molar-refractivity contribution >= 4 is 28.5 Å². The third-order valence-corrected chi connectivity index (χ3v) is 4.17. The van der Waals surface area contributed by atoms with Gasteiger partial charge in [-0.25, -0.2) is 0 Å². The van der Waals surface area contributed by atoms with E-state index >= 15 is 0 Å². The van der Waals surface area contributed by atoms with Gasteiger partial charge in [0.1, 0.15) is 0 Å². The molecule has 1 heterocycles. The van der Waals surface area contributed by atoms with Crippen molar-refractivity contribution in [1.82, 2.24) is 4.90 Å². The molecule has 0 aliphatic carbocycles. The highest BCUT2D eigenvalue weighted by Gasteiger charge is 2.29. The number of nitrogens with zero attached hydrogens (tertiary/aromatic N) is 1. The third-order valence-electron chi connectivity index (χ3n) is 3.50. The molecule has 17 heavy (non-hydrogen) atoms. The van der Waals surface area contributed by atoms with Gasteiger partial charge in [-0.05, 0) is 73.9 Å². The van der Waals surface area contributed by atoms with Crippen molar-refractivity contribution in [3.8, 4) is 0 Å². The molecule has 1 aromatic carbocycles. The summed E-state index contributed by atoms with van der Waals surface area (Å²) < 4.78 is 1.12. The molecule has 0 radical (unpaired) electrons. The van der Waals surface area contributed by atoms with Crippen LogP contribution in [-0.2, 0) is 0 Å². The molecule has 0 spiro atoms. The highest BCUT2D eigenvalue weighted by atomic mass is 127. The molecule has 0 unspecified atom stereocenters. The van der Waals surface area contributed by atoms with Crippen LogP contribution in [0.3, 0.4) is 0 Å². The summed E-state index contributed by atoms with van der Waals surface area (Å²) in [5.41, 5.74) is 0.817. The van der Waals surface area contributed by atoms with Gasteiger partial charge < -0.3 is 4.90 Å². The van der Waals surface area contributed by atoms with Crippen LogP contribution in [0.5, 0.6) is 0 Å². The molecule has 2 atom stereocenters. The van der Waals surface area contributed by atoms with E-state index in [9.17, 15) is 4.79 Å². The van der Waals surface area contributed by atoms with E-state index in [4.69, 9.17) is 0 Å². The van der Waals surface area contributed by atoms with Gasteiger partial charge in [-0.1, -0.05) is 6.07 Å². The maximum absolute atomic E-state index is 12.5. The maximum Gasteiger partial charge on any atom is 0.254 e. The van der Waals surface area contributed by atoms with Crippen molar-refractivity contribution in [3.05, 3.63) is 33.4 Å². The first-order valence-corrected chi connectivity index (χ1v) is 7.25. The second kappa shape index (κ2) is 5.38. The highest BCUT2D eigenvalue weighted by molar-refractivity contribution is 14.1. The SMILES string of the molecule is C[C@@H]1CCC[C@H](C)N1C(=O)c1cccc(I)c1. The summed E-state index contributed by atoms with van der Waals surface area (Å²) in [6, 6.07) is 8.58. The number of carbonyl (C=O) groups excluding carboxylic acids is 1. The summed E-state index contributed by atoms with van der Waals surface area (Å²) in [7, 11) is 0. The summed E-state index contributed by atoms with van der Waals surface area (Å²) in [6.07, 6.45) is 3.48. The molecular weight excluding hydrogens is 325 g/mol. The molecule has 92 valence electrons. The van der Waals surface area contributed by atoms with Crippen LogP contribution >= 0.6 is 22.6 Å². The van der Waals surface area contributed by atoms with Crippen LogP contribution in [0.15, 0.2) is 24.3 Å². The molecule has 1 aliphatic rings. The predicted molar refractivity (Wildman–Crippen MR) is 78.1 cm³/mol. The molecule has 0 aromatic heterocycles. The fraction of sp³-hybridized carbons (Fsp3) is 0.500. The number of hydrogen-bond acceptors (Lipinski definition) is 1. The molecule has 2 rings (SSSR count). The van der Waals surface area contributed by atoms with Crippen molar-refractivity contribution in [2.24, 2.45) is 0 Å². The Bertz CT molecular complexity index is 408. The normalized spacial score (nSPS) is 24.8. The zero-order chi connectivity index (χ0) is 12.4. The zero-order valence-electron chi connectivity index (χ0n) is 10.3. The van der Waals surface area contributed by atoms with Crippen molar-refractivity contribution in [1.29, 1.82) is 0 Å². The summed E-state index contributed by atoms with van der Waals surface area (Å²) >= 11 is 2.25. The first-order chi connectivity index (χ1) is 8.09. The molecule has 1 aliphatic heterocycles. The second-order valence-electron chi connectivity index (χ2n) is 4.85. The van der Waals surface area contributed by atoms with Gasteiger partial charge in [0, 0.05) is 21.2 Å². The third kappa shape index (κ3) is 2.81. The van der Waals surface area contributed by atoms with Gasteiger partial charge in [-0.3, -0.25) is 4.79 Å². The average molecular weight is 343 g/mol. The average Bonchev–Trinajstić information content (AvgIpc) is 2.28. The molecule has 3 heteroatoms. The number of likely N-dealkylation sites (tertiary alicyclic amines) is 1. The molecule has 0 bridgehead atoms. The van der Waals surface area contributed by atoms with Gasteiger partial charge in [0.25, 0.3) is 5.91 Å². The van der Waals surface area contributed by atoms with E-state index in [0.29, 0.717) is 12.1 Å². The van der Waals surface area contributed by atoms with E-state index in [1.54, 1.807) is 0 Å². The molecule has 0 N–H and O–H groups in total. The maximum atomic E-state index is 12.5. The molecule has 1 amide bonds. The van der Waals surface area contributed by atoms with Crippen molar-refractivity contribution in [2.75, 3.05) is 0 Å². The van der Waals surface area contributed by atoms with Gasteiger partial charge >= 0.3 is 0 Å². The number of piperidine rings is 1. The lowest BCUT2D eigenvalue weighted by atomic mass is 9.96. The molecule has 1 fully saturated rings. The number of hydrogen-bond donors (Lipinski definition) is 0. The van der Waals surface area contributed by atoms with Crippen LogP contribution in [0.1, 0.15) is 43.5 Å². The number of benzene rings is 1. The Morgan fingerprint density at radius 2 is 1.94 bits per heavy atom. The molecule has 1 aromatic rings. The quantitative estimate of drug-likeness (QED) is 0.712. The minimum Gasteiger partial charge on any atom is -0.333 e. The number of carbonyl (C=O) groups is 1. The lowest BCUT2D eigenvalue weighted by Crippen LogP contribution is -2.47. The number of rotatable bonds is 1. The Balaban J connectivity index is 2.24. The van der Waals surface area contributed by atoms with Gasteiger partial charge in [0.15, 0.2) is 0 Å². The summed E-state index contributed by atoms with van der Waals surface area (Å²) in [5.74, 6) is 0.184. The topological polar surface area (TPSA) is 20.3 Å². The van der Waals surface area contributed by atoms with Gasteiger partial charge in [0.2, 0.25) is 0 Å². The van der Waals surface area contributed by atoms with Crippen LogP contribution in [0, 0.1) is 3.57 Å². The Hall–Kier alpha value is -0.580. The minimum absolute atomic E-state index is 0.184. The number of halogens is 1. The van der Waals surface area contributed by atoms with Crippen LogP contribution in [0.25, 0.3) is 0 Å². The Kier molecular flexibility index (Phi) is 4.07. The standard InChI is InChI=1S/C14H18INO/c1-10-5-3-6-11(2)16(10)14(17)12-7-4-8-13(15)9-12/h4,7-11H,3,5-6H2,1-2H3/t10-,11+. The van der Waals surface area contributed by atoms with Gasteiger partial charge in [-0.2, -0.15) is 0 Å². The molecular formula is C14H18INO. The second-order valence-corrected chi connectivity index (χ2v) is 6.10. The first-order valence-electron chi connectivity index (χ1n) is 6.18. The lowest BCUT2D eigenvalue weighted by Gasteiger charge is -2.39. The Labute approximate surface area is 117 Å². The fourth-order valence-corrected chi connectivity index (χ4v) is 3.14. The predicted octanol–water partition coefficient (Wildman–Crippen LogP) is 3.69. The Morgan fingerprint density at radius 3 is 2.53 bits per heavy atom. The van der Waals surface area contributed by atoms with Gasteiger partial charge in [0.05, 0.1) is 0 Å². The van der Waals surface area contributed by atoms with Crippen LogP contribution in [0.4, 0.5) is 0 Å². The van der Waals surface area contributed by atoms with E-state index in [1.165, 1.54) is 6.42 Å². The summed E-state index contributed by atoms with van der Waals surface area (Å²) in [4.78, 5) is 14.5. The van der Waals surface area contributed by atoms with Crippen molar-refractivity contribution in [3.63, 3.8) is 0 Å². The minimum atomic E-state index is 0.184. The van der Waals surface area contributed by atoms with Crippen molar-refractivity contribution in [2.45, 2.75) is 45.2 Å². The summed E-state index contributed by atoms with van der Waals surface area (Å²) in [6.45, 7) is 4.31. The first kappa shape index (κ1) is 12.9. The van der Waals surface area contributed by atoms with E-state index in [1.807, 2.05) is 24.3 Å². The van der Waals surface area contributed by atoms with Gasteiger partial charge in [-0.15, -0.1) is 0 Å². The van der Waals surface area contributed by atoms with E-state index in [2.05, 4.69) is 41.3 Å². The lowest BCUT2D eigenvalue weighted by molar-refractivity contribution is 0.0510. The zero-order valence-corrected chi connectivity index (χ0v) is 12.5. The Morgan fingerprint density at radius 1 is 1.29 bits per heavy atom. The fourth-order valence-electron chi connectivity index (χ4n) is 2.59. The highest BCUT2D eigenvalue weighted by Crippen LogP contribution is 2.24. The molecule has 0 saturated carbocycles. The van der Waals surface area contributed by atoms with Crippen LogP contribution in [-0.4, -0.2) is 22.9 Å². The largest absolute Gasteiger partial charge is 0.333 e. The van der Waals surface area contributed by atoms with E-state index in [-0.39, 0.29) is 5.91 Å². The monoisotopic (exact) mass is 343 g/mol. The summed E-state index contributed by atoms with van der Waals surface area (Å²) in [5, 5.41) is 0. The van der Waals surface area contributed by atoms with Crippen LogP contribution < -0.4 is 0 Å².